The van der Waals surface area contributed by atoms with E-state index in [0.717, 1.165) is 19.3 Å². The highest BCUT2D eigenvalue weighted by molar-refractivity contribution is 7.89. The van der Waals surface area contributed by atoms with Crippen LogP contribution in [0.3, 0.4) is 0 Å². The number of carboxylic acids is 1. The van der Waals surface area contributed by atoms with E-state index in [4.69, 9.17) is 5.11 Å². The van der Waals surface area contributed by atoms with Crippen LogP contribution in [-0.2, 0) is 14.8 Å². The molecule has 7 nitrogen and oxygen atoms in total. The highest BCUT2D eigenvalue weighted by Crippen LogP contribution is 2.23. The number of rotatable bonds is 5. The fraction of sp³-hybridized carbons (Fsp3) is 0.467. The molecule has 1 amide bonds. The molecule has 0 radical (unpaired) electrons. The molecule has 1 aromatic rings. The Labute approximate surface area is 135 Å². The molecule has 0 spiro atoms. The van der Waals surface area contributed by atoms with Crippen LogP contribution in [0.25, 0.3) is 0 Å². The third kappa shape index (κ3) is 3.89. The smallest absolute Gasteiger partial charge is 0.325 e. The molecule has 1 fully saturated rings. The maximum atomic E-state index is 12.8. The molecule has 0 aliphatic carbocycles. The van der Waals surface area contributed by atoms with E-state index in [1.165, 1.54) is 23.4 Å². The Morgan fingerprint density at radius 1 is 1.17 bits per heavy atom. The van der Waals surface area contributed by atoms with Gasteiger partial charge in [-0.25, -0.2) is 8.42 Å². The number of nitrogens with zero attached hydrogens (tertiary/aromatic N) is 1. The van der Waals surface area contributed by atoms with Gasteiger partial charge in [0.2, 0.25) is 10.0 Å². The summed E-state index contributed by atoms with van der Waals surface area (Å²) in [5, 5.41) is 11.2. The van der Waals surface area contributed by atoms with Gasteiger partial charge in [0.05, 0.1) is 10.5 Å². The Hall–Kier alpha value is -1.93. The van der Waals surface area contributed by atoms with Crippen molar-refractivity contribution in [3.05, 3.63) is 29.8 Å². The molecule has 1 atom stereocenters. The Morgan fingerprint density at radius 3 is 2.39 bits per heavy atom. The number of nitrogens with one attached hydrogen (secondary N) is 1. The van der Waals surface area contributed by atoms with Gasteiger partial charge in [-0.1, -0.05) is 18.6 Å². The summed E-state index contributed by atoms with van der Waals surface area (Å²) in [4.78, 5) is 23.0. The minimum absolute atomic E-state index is 0.0360. The van der Waals surface area contributed by atoms with Crippen LogP contribution < -0.4 is 5.32 Å². The van der Waals surface area contributed by atoms with Crippen molar-refractivity contribution < 1.29 is 23.1 Å². The average Bonchev–Trinajstić information content (AvgIpc) is 2.55. The summed E-state index contributed by atoms with van der Waals surface area (Å²) in [6.45, 7) is 2.19. The SMILES string of the molecule is CC(NC(=O)c1ccccc1S(=O)(=O)N1CCCCC1)C(=O)O. The topological polar surface area (TPSA) is 104 Å². The predicted molar refractivity (Wildman–Crippen MR) is 83.6 cm³/mol. The number of piperidine rings is 1. The monoisotopic (exact) mass is 340 g/mol. The molecule has 1 aliphatic heterocycles. The molecule has 1 unspecified atom stereocenters. The summed E-state index contributed by atoms with van der Waals surface area (Å²) in [5.74, 6) is -1.90. The lowest BCUT2D eigenvalue weighted by atomic mass is 10.2. The fourth-order valence-corrected chi connectivity index (χ4v) is 4.17. The van der Waals surface area contributed by atoms with Crippen molar-refractivity contribution in [2.24, 2.45) is 0 Å². The Bertz CT molecular complexity index is 696. The molecule has 1 aliphatic rings. The average molecular weight is 340 g/mol. The highest BCUT2D eigenvalue weighted by atomic mass is 32.2. The molecule has 0 aromatic heterocycles. The van der Waals surface area contributed by atoms with Gasteiger partial charge in [0.25, 0.3) is 5.91 Å². The molecular weight excluding hydrogens is 320 g/mol. The normalized spacial score (nSPS) is 17.4. The van der Waals surface area contributed by atoms with Gasteiger partial charge in [-0.05, 0) is 31.9 Å². The lowest BCUT2D eigenvalue weighted by Gasteiger charge is -2.26. The van der Waals surface area contributed by atoms with Gasteiger partial charge < -0.3 is 10.4 Å². The number of hydrogen-bond acceptors (Lipinski definition) is 4. The van der Waals surface area contributed by atoms with Gasteiger partial charge in [0.15, 0.2) is 0 Å². The van der Waals surface area contributed by atoms with Crippen molar-refractivity contribution >= 4 is 21.9 Å². The van der Waals surface area contributed by atoms with Gasteiger partial charge in [-0.15, -0.1) is 0 Å². The summed E-state index contributed by atoms with van der Waals surface area (Å²) in [5.41, 5.74) is -0.0360. The molecule has 1 saturated heterocycles. The largest absolute Gasteiger partial charge is 0.480 e. The van der Waals surface area contributed by atoms with Crippen LogP contribution in [0.5, 0.6) is 0 Å². The molecule has 126 valence electrons. The second kappa shape index (κ2) is 7.10. The van der Waals surface area contributed by atoms with Crippen molar-refractivity contribution in [2.45, 2.75) is 37.1 Å². The number of hydrogen-bond donors (Lipinski definition) is 2. The summed E-state index contributed by atoms with van der Waals surface area (Å²) >= 11 is 0. The molecule has 8 heteroatoms. The van der Waals surface area contributed by atoms with E-state index in [-0.39, 0.29) is 10.5 Å². The van der Waals surface area contributed by atoms with Crippen LogP contribution in [0.1, 0.15) is 36.5 Å². The molecule has 1 aromatic carbocycles. The van der Waals surface area contributed by atoms with Crippen LogP contribution in [0.4, 0.5) is 0 Å². The zero-order chi connectivity index (χ0) is 17.0. The van der Waals surface area contributed by atoms with Crippen LogP contribution in [0, 0.1) is 0 Å². The van der Waals surface area contributed by atoms with Crippen LogP contribution in [0.15, 0.2) is 29.2 Å². The number of carbonyl (C=O) groups excluding carboxylic acids is 1. The van der Waals surface area contributed by atoms with E-state index < -0.39 is 27.9 Å². The lowest BCUT2D eigenvalue weighted by Crippen LogP contribution is -2.40. The van der Waals surface area contributed by atoms with Crippen molar-refractivity contribution in [1.29, 1.82) is 0 Å². The number of sulfonamides is 1. The van der Waals surface area contributed by atoms with E-state index in [0.29, 0.717) is 13.1 Å². The summed E-state index contributed by atoms with van der Waals surface area (Å²) in [6, 6.07) is 4.77. The first-order chi connectivity index (χ1) is 10.8. The van der Waals surface area contributed by atoms with Crippen LogP contribution in [0.2, 0.25) is 0 Å². The first-order valence-corrected chi connectivity index (χ1v) is 8.91. The number of amides is 1. The third-order valence-electron chi connectivity index (χ3n) is 3.78. The van der Waals surface area contributed by atoms with Crippen molar-refractivity contribution in [2.75, 3.05) is 13.1 Å². The van der Waals surface area contributed by atoms with E-state index in [2.05, 4.69) is 5.32 Å². The summed E-state index contributed by atoms with van der Waals surface area (Å²) in [7, 11) is -3.77. The van der Waals surface area contributed by atoms with Gasteiger partial charge in [-0.2, -0.15) is 4.31 Å². The van der Waals surface area contributed by atoms with Gasteiger partial charge >= 0.3 is 5.97 Å². The minimum atomic E-state index is -3.77. The zero-order valence-electron chi connectivity index (χ0n) is 12.9. The van der Waals surface area contributed by atoms with E-state index >= 15 is 0 Å². The summed E-state index contributed by atoms with van der Waals surface area (Å²) < 4.78 is 26.9. The minimum Gasteiger partial charge on any atom is -0.480 e. The van der Waals surface area contributed by atoms with Crippen molar-refractivity contribution in [3.8, 4) is 0 Å². The maximum absolute atomic E-state index is 12.8. The molecule has 2 N–H and O–H groups in total. The first-order valence-electron chi connectivity index (χ1n) is 7.47. The van der Waals surface area contributed by atoms with Crippen LogP contribution in [-0.4, -0.2) is 48.8 Å². The molecule has 2 rings (SSSR count). The second-order valence-electron chi connectivity index (χ2n) is 5.49. The Balaban J connectivity index is 2.33. The second-order valence-corrected chi connectivity index (χ2v) is 7.40. The molecule has 0 bridgehead atoms. The van der Waals surface area contributed by atoms with Crippen LogP contribution >= 0.6 is 0 Å². The summed E-state index contributed by atoms with van der Waals surface area (Å²) in [6.07, 6.45) is 2.58. The fourth-order valence-electron chi connectivity index (χ4n) is 2.46. The Kier molecular flexibility index (Phi) is 5.38. The molecular formula is C15H20N2O5S. The lowest BCUT2D eigenvalue weighted by molar-refractivity contribution is -0.138. The quantitative estimate of drug-likeness (QED) is 0.834. The maximum Gasteiger partial charge on any atom is 0.325 e. The molecule has 23 heavy (non-hydrogen) atoms. The number of carbonyl (C=O) groups is 2. The van der Waals surface area contributed by atoms with Crippen molar-refractivity contribution in [1.82, 2.24) is 9.62 Å². The molecule has 1 heterocycles. The van der Waals surface area contributed by atoms with Gasteiger partial charge in [0, 0.05) is 13.1 Å². The number of benzene rings is 1. The van der Waals surface area contributed by atoms with Gasteiger partial charge in [-0.3, -0.25) is 9.59 Å². The Morgan fingerprint density at radius 2 is 1.78 bits per heavy atom. The van der Waals surface area contributed by atoms with Gasteiger partial charge in [0.1, 0.15) is 6.04 Å². The molecule has 0 saturated carbocycles. The van der Waals surface area contributed by atoms with E-state index in [9.17, 15) is 18.0 Å². The highest BCUT2D eigenvalue weighted by Gasteiger charge is 2.30. The zero-order valence-corrected chi connectivity index (χ0v) is 13.7. The third-order valence-corrected chi connectivity index (χ3v) is 5.74. The standard InChI is InChI=1S/C15H20N2O5S/c1-11(15(19)20)16-14(18)12-7-3-4-8-13(12)23(21,22)17-9-5-2-6-10-17/h3-4,7-8,11H,2,5-6,9-10H2,1H3,(H,16,18)(H,19,20). The predicted octanol–water partition coefficient (Wildman–Crippen LogP) is 1.06. The number of aliphatic carboxylic acids is 1. The first kappa shape index (κ1) is 17.4. The van der Waals surface area contributed by atoms with Crippen molar-refractivity contribution in [3.63, 3.8) is 0 Å². The van der Waals surface area contributed by atoms with E-state index in [1.807, 2.05) is 0 Å². The van der Waals surface area contributed by atoms with E-state index in [1.54, 1.807) is 12.1 Å². The number of carboxylic acid groups (broad SMARTS) is 1.